The summed E-state index contributed by atoms with van der Waals surface area (Å²) in [5, 5.41) is 8.25. The maximum atomic E-state index is 5.53. The summed E-state index contributed by atoms with van der Waals surface area (Å²) in [4.78, 5) is 4.43. The highest BCUT2D eigenvalue weighted by molar-refractivity contribution is 5.62. The molecule has 18 heavy (non-hydrogen) atoms. The number of rotatable bonds is 3. The van der Waals surface area contributed by atoms with Crippen molar-refractivity contribution in [3.8, 4) is 11.3 Å². The molecular weight excluding hydrogens is 226 g/mol. The molecule has 5 nitrogen and oxygen atoms in total. The highest BCUT2D eigenvalue weighted by Gasteiger charge is 2.06. The second-order valence-corrected chi connectivity index (χ2v) is 4.02. The first-order valence-corrected chi connectivity index (χ1v) is 5.83. The van der Waals surface area contributed by atoms with Gasteiger partial charge in [0.15, 0.2) is 5.65 Å². The molecule has 0 aliphatic heterocycles. The first-order chi connectivity index (χ1) is 8.88. The summed E-state index contributed by atoms with van der Waals surface area (Å²) in [5.41, 5.74) is 8.30. The Morgan fingerprint density at radius 3 is 2.72 bits per heavy atom. The minimum atomic E-state index is 0.557. The van der Waals surface area contributed by atoms with Crippen LogP contribution in [0.2, 0.25) is 0 Å². The van der Waals surface area contributed by atoms with Crippen LogP contribution in [0.3, 0.4) is 0 Å². The second-order valence-electron chi connectivity index (χ2n) is 4.02. The van der Waals surface area contributed by atoms with Gasteiger partial charge < -0.3 is 5.73 Å². The van der Waals surface area contributed by atoms with Gasteiger partial charge in [0.1, 0.15) is 12.2 Å². The lowest BCUT2D eigenvalue weighted by atomic mass is 10.1. The third-order valence-corrected chi connectivity index (χ3v) is 2.81. The van der Waals surface area contributed by atoms with Crippen LogP contribution >= 0.6 is 0 Å². The van der Waals surface area contributed by atoms with E-state index in [1.165, 1.54) is 0 Å². The minimum absolute atomic E-state index is 0.557. The van der Waals surface area contributed by atoms with Gasteiger partial charge in [0, 0.05) is 18.1 Å². The smallest absolute Gasteiger partial charge is 0.164 e. The number of benzene rings is 1. The predicted octanol–water partition coefficient (Wildman–Crippen LogP) is 1.29. The number of fused-ring (bicyclic) bond motifs is 1. The normalized spacial score (nSPS) is 10.9. The zero-order valence-corrected chi connectivity index (χ0v) is 9.82. The van der Waals surface area contributed by atoms with Crippen molar-refractivity contribution in [3.05, 3.63) is 48.5 Å². The molecule has 0 bridgehead atoms. The van der Waals surface area contributed by atoms with Gasteiger partial charge in [0.2, 0.25) is 0 Å². The molecule has 2 aromatic heterocycles. The average molecular weight is 239 g/mol. The molecule has 2 N–H and O–H groups in total. The summed E-state index contributed by atoms with van der Waals surface area (Å²) in [6.07, 6.45) is 2.45. The molecule has 0 fully saturated rings. The van der Waals surface area contributed by atoms with Crippen molar-refractivity contribution in [3.63, 3.8) is 0 Å². The van der Waals surface area contributed by atoms with Crippen LogP contribution in [0.15, 0.2) is 42.7 Å². The fourth-order valence-corrected chi connectivity index (χ4v) is 1.91. The van der Waals surface area contributed by atoms with E-state index in [0.717, 1.165) is 22.7 Å². The summed E-state index contributed by atoms with van der Waals surface area (Å²) >= 11 is 0. The second kappa shape index (κ2) is 4.54. The Morgan fingerprint density at radius 2 is 1.94 bits per heavy atom. The van der Waals surface area contributed by atoms with Crippen molar-refractivity contribution in [1.82, 2.24) is 19.6 Å². The Balaban J connectivity index is 2.07. The third-order valence-electron chi connectivity index (χ3n) is 2.81. The molecule has 5 heteroatoms. The molecule has 3 aromatic rings. The van der Waals surface area contributed by atoms with Crippen molar-refractivity contribution >= 4 is 5.65 Å². The summed E-state index contributed by atoms with van der Waals surface area (Å²) in [6.45, 7) is 0.557. The predicted molar refractivity (Wildman–Crippen MR) is 69.0 cm³/mol. The van der Waals surface area contributed by atoms with Crippen LogP contribution in [0, 0.1) is 0 Å². The molecule has 0 aliphatic carbocycles. The quantitative estimate of drug-likeness (QED) is 0.747. The van der Waals surface area contributed by atoms with Gasteiger partial charge in [-0.2, -0.15) is 0 Å². The number of hydrogen-bond donors (Lipinski definition) is 1. The van der Waals surface area contributed by atoms with Crippen LogP contribution in [-0.4, -0.2) is 26.1 Å². The Hall–Kier alpha value is -2.27. The van der Waals surface area contributed by atoms with E-state index in [1.54, 1.807) is 6.33 Å². The molecule has 0 aliphatic rings. The first-order valence-electron chi connectivity index (χ1n) is 5.83. The molecule has 0 spiro atoms. The van der Waals surface area contributed by atoms with Crippen molar-refractivity contribution in [2.45, 2.75) is 6.42 Å². The summed E-state index contributed by atoms with van der Waals surface area (Å²) in [6, 6.07) is 11.9. The molecule has 1 aromatic carbocycles. The van der Waals surface area contributed by atoms with Gasteiger partial charge in [-0.15, -0.1) is 10.2 Å². The van der Waals surface area contributed by atoms with Crippen LogP contribution in [-0.2, 0) is 6.42 Å². The van der Waals surface area contributed by atoms with Gasteiger partial charge >= 0.3 is 0 Å². The molecule has 0 atom stereocenters. The number of nitrogens with two attached hydrogens (primary N) is 1. The van der Waals surface area contributed by atoms with Crippen LogP contribution < -0.4 is 5.73 Å². The maximum absolute atomic E-state index is 5.53. The number of nitrogens with zero attached hydrogens (tertiary/aromatic N) is 4. The summed E-state index contributed by atoms with van der Waals surface area (Å²) in [7, 11) is 0. The van der Waals surface area contributed by atoms with E-state index in [-0.39, 0.29) is 0 Å². The Bertz CT molecular complexity index is 659. The standard InChI is InChI=1S/C13H13N5/c14-7-6-12-16-17-13-8-11(15-9-18(12)13)10-4-2-1-3-5-10/h1-5,8-9H,6-7,14H2. The largest absolute Gasteiger partial charge is 0.330 e. The fraction of sp³-hybridized carbons (Fsp3) is 0.154. The SMILES string of the molecule is NCCc1nnc2cc(-c3ccccc3)ncn12. The zero-order valence-electron chi connectivity index (χ0n) is 9.82. The van der Waals surface area contributed by atoms with Crippen LogP contribution in [0.1, 0.15) is 5.82 Å². The van der Waals surface area contributed by atoms with Crippen molar-refractivity contribution in [2.75, 3.05) is 6.54 Å². The Morgan fingerprint density at radius 1 is 1.11 bits per heavy atom. The van der Waals surface area contributed by atoms with Gasteiger partial charge in [-0.25, -0.2) is 4.98 Å². The summed E-state index contributed by atoms with van der Waals surface area (Å²) < 4.78 is 1.87. The Kier molecular flexibility index (Phi) is 2.74. The maximum Gasteiger partial charge on any atom is 0.164 e. The van der Waals surface area contributed by atoms with E-state index in [2.05, 4.69) is 15.2 Å². The summed E-state index contributed by atoms with van der Waals surface area (Å²) in [5.74, 6) is 0.847. The van der Waals surface area contributed by atoms with Gasteiger partial charge in [-0.1, -0.05) is 30.3 Å². The van der Waals surface area contributed by atoms with Crippen molar-refractivity contribution < 1.29 is 0 Å². The highest BCUT2D eigenvalue weighted by atomic mass is 15.3. The monoisotopic (exact) mass is 239 g/mol. The zero-order chi connectivity index (χ0) is 12.4. The van der Waals surface area contributed by atoms with Crippen LogP contribution in [0.4, 0.5) is 0 Å². The molecule has 0 saturated carbocycles. The van der Waals surface area contributed by atoms with Gasteiger partial charge in [-0.05, 0) is 6.54 Å². The van der Waals surface area contributed by atoms with E-state index >= 15 is 0 Å². The molecular formula is C13H13N5. The van der Waals surface area contributed by atoms with E-state index in [9.17, 15) is 0 Å². The van der Waals surface area contributed by atoms with Gasteiger partial charge in [0.05, 0.1) is 5.69 Å². The number of aromatic nitrogens is 4. The van der Waals surface area contributed by atoms with E-state index in [1.807, 2.05) is 40.8 Å². The molecule has 90 valence electrons. The molecule has 0 unspecified atom stereocenters. The van der Waals surface area contributed by atoms with Crippen LogP contribution in [0.25, 0.3) is 16.9 Å². The first kappa shape index (κ1) is 10.9. The molecule has 0 saturated heterocycles. The molecule has 2 heterocycles. The molecule has 0 radical (unpaired) electrons. The molecule has 3 rings (SSSR count). The highest BCUT2D eigenvalue weighted by Crippen LogP contribution is 2.17. The van der Waals surface area contributed by atoms with E-state index < -0.39 is 0 Å². The van der Waals surface area contributed by atoms with E-state index in [4.69, 9.17) is 5.73 Å². The average Bonchev–Trinajstić information content (AvgIpc) is 2.83. The minimum Gasteiger partial charge on any atom is -0.330 e. The molecule has 0 amide bonds. The van der Waals surface area contributed by atoms with Gasteiger partial charge in [0.25, 0.3) is 0 Å². The van der Waals surface area contributed by atoms with Crippen molar-refractivity contribution in [2.24, 2.45) is 5.73 Å². The lowest BCUT2D eigenvalue weighted by molar-refractivity contribution is 0.841. The number of hydrogen-bond acceptors (Lipinski definition) is 4. The van der Waals surface area contributed by atoms with Crippen LogP contribution in [0.5, 0.6) is 0 Å². The fourth-order valence-electron chi connectivity index (χ4n) is 1.91. The lowest BCUT2D eigenvalue weighted by Gasteiger charge is -2.01. The lowest BCUT2D eigenvalue weighted by Crippen LogP contribution is -2.06. The topological polar surface area (TPSA) is 69.1 Å². The van der Waals surface area contributed by atoms with E-state index in [0.29, 0.717) is 13.0 Å². The Labute approximate surface area is 104 Å². The van der Waals surface area contributed by atoms with Crippen molar-refractivity contribution in [1.29, 1.82) is 0 Å². The van der Waals surface area contributed by atoms with Gasteiger partial charge in [-0.3, -0.25) is 4.40 Å². The third kappa shape index (κ3) is 1.84.